The molecule has 0 aliphatic carbocycles. The number of hydrogen-bond acceptors (Lipinski definition) is 5. The average Bonchev–Trinajstić information content (AvgIpc) is 2.97. The third-order valence-corrected chi connectivity index (χ3v) is 5.44. The molecule has 0 bridgehead atoms. The van der Waals surface area contributed by atoms with Crippen LogP contribution >= 0.6 is 11.6 Å². The fraction of sp³-hybridized carbons (Fsp3) is 0.286. The van der Waals surface area contributed by atoms with Crippen LogP contribution in [0.15, 0.2) is 36.4 Å². The molecule has 0 aromatic heterocycles. The van der Waals surface area contributed by atoms with Crippen LogP contribution in [0.25, 0.3) is 0 Å². The Bertz CT molecular complexity index is 1120. The van der Waals surface area contributed by atoms with Gasteiger partial charge in [0.2, 0.25) is 5.91 Å². The molecule has 0 unspecified atom stereocenters. The number of urea groups is 1. The molecule has 2 aromatic carbocycles. The molecule has 176 valence electrons. The Kier molecular flexibility index (Phi) is 6.46. The highest BCUT2D eigenvalue weighted by atomic mass is 35.5. The van der Waals surface area contributed by atoms with Crippen LogP contribution in [0.1, 0.15) is 18.1 Å². The van der Waals surface area contributed by atoms with Gasteiger partial charge >= 0.3 is 12.2 Å². The fourth-order valence-corrected chi connectivity index (χ4v) is 3.62. The second-order valence-corrected chi connectivity index (χ2v) is 7.63. The molecule has 1 aliphatic rings. The van der Waals surface area contributed by atoms with Gasteiger partial charge < -0.3 is 20.1 Å². The molecule has 12 heteroatoms. The summed E-state index contributed by atoms with van der Waals surface area (Å²) in [5, 5.41) is 4.22. The number of para-hydroxylation sites is 1. The van der Waals surface area contributed by atoms with Gasteiger partial charge in [0.25, 0.3) is 5.91 Å². The zero-order valence-corrected chi connectivity index (χ0v) is 18.4. The predicted molar refractivity (Wildman–Crippen MR) is 112 cm³/mol. The molecule has 3 rings (SSSR count). The molecular formula is C21H19ClF3N3O5. The molecular weight excluding hydrogens is 467 g/mol. The van der Waals surface area contributed by atoms with Crippen molar-refractivity contribution in [3.8, 4) is 11.5 Å². The summed E-state index contributed by atoms with van der Waals surface area (Å²) < 4.78 is 50.1. The minimum absolute atomic E-state index is 0.313. The number of hydrogen-bond donors (Lipinski definition) is 2. The Hall–Kier alpha value is -3.47. The van der Waals surface area contributed by atoms with Gasteiger partial charge in [0, 0.05) is 0 Å². The predicted octanol–water partition coefficient (Wildman–Crippen LogP) is 3.78. The number of benzene rings is 2. The number of rotatable bonds is 6. The number of amides is 4. The van der Waals surface area contributed by atoms with Gasteiger partial charge in [0.15, 0.2) is 11.5 Å². The van der Waals surface area contributed by atoms with E-state index in [0.717, 1.165) is 12.1 Å². The summed E-state index contributed by atoms with van der Waals surface area (Å²) in [5.41, 5.74) is -3.01. The number of imide groups is 1. The van der Waals surface area contributed by atoms with Crippen molar-refractivity contribution in [1.82, 2.24) is 10.2 Å². The van der Waals surface area contributed by atoms with Crippen LogP contribution in [0, 0.1) is 0 Å². The summed E-state index contributed by atoms with van der Waals surface area (Å²) >= 11 is 5.84. The van der Waals surface area contributed by atoms with Crippen molar-refractivity contribution in [1.29, 1.82) is 0 Å². The van der Waals surface area contributed by atoms with Crippen molar-refractivity contribution in [2.75, 3.05) is 26.1 Å². The lowest BCUT2D eigenvalue weighted by Crippen LogP contribution is -2.42. The summed E-state index contributed by atoms with van der Waals surface area (Å²) in [5.74, 6) is -1.09. The first-order chi connectivity index (χ1) is 15.4. The normalized spacial score (nSPS) is 18.2. The van der Waals surface area contributed by atoms with Crippen LogP contribution in [-0.2, 0) is 21.3 Å². The van der Waals surface area contributed by atoms with E-state index in [0.29, 0.717) is 22.0 Å². The Balaban J connectivity index is 1.84. The van der Waals surface area contributed by atoms with E-state index in [1.807, 2.05) is 0 Å². The molecule has 2 aromatic rings. The number of nitrogens with one attached hydrogen (secondary N) is 2. The van der Waals surface area contributed by atoms with Crippen molar-refractivity contribution in [3.05, 3.63) is 52.5 Å². The van der Waals surface area contributed by atoms with Crippen LogP contribution in [-0.4, -0.2) is 43.5 Å². The van der Waals surface area contributed by atoms with E-state index in [1.54, 1.807) is 12.1 Å². The highest BCUT2D eigenvalue weighted by Gasteiger charge is 2.50. The highest BCUT2D eigenvalue weighted by Crippen LogP contribution is 2.39. The van der Waals surface area contributed by atoms with Crippen molar-refractivity contribution in [3.63, 3.8) is 0 Å². The standard InChI is InChI=1S/C21H19ClF3N3O5/c1-20(11-7-8-14(32-2)15(9-11)33-3)18(30)28(19(31)27-20)10-16(29)26-17-12(21(23,24)25)5-4-6-13(17)22/h4-9H,10H2,1-3H3,(H,26,29)(H,27,31)/t20-/m0/s1. The maximum atomic E-state index is 13.3. The third kappa shape index (κ3) is 4.54. The molecule has 0 saturated carbocycles. The molecule has 4 amide bonds. The summed E-state index contributed by atoms with van der Waals surface area (Å²) in [6.07, 6.45) is -4.78. The Morgan fingerprint density at radius 3 is 2.42 bits per heavy atom. The number of carbonyl (C=O) groups excluding carboxylic acids is 3. The lowest BCUT2D eigenvalue weighted by molar-refractivity contribution is -0.137. The molecule has 33 heavy (non-hydrogen) atoms. The van der Waals surface area contributed by atoms with E-state index >= 15 is 0 Å². The molecule has 8 nitrogen and oxygen atoms in total. The highest BCUT2D eigenvalue weighted by molar-refractivity contribution is 6.34. The lowest BCUT2D eigenvalue weighted by Gasteiger charge is -2.23. The molecule has 1 fully saturated rings. The first kappa shape index (κ1) is 24.2. The van der Waals surface area contributed by atoms with Crippen molar-refractivity contribution in [2.24, 2.45) is 0 Å². The van der Waals surface area contributed by atoms with Gasteiger partial charge in [0.05, 0.1) is 30.5 Å². The monoisotopic (exact) mass is 485 g/mol. The summed E-state index contributed by atoms with van der Waals surface area (Å²) in [6.45, 7) is 0.609. The minimum Gasteiger partial charge on any atom is -0.493 e. The van der Waals surface area contributed by atoms with Gasteiger partial charge in [-0.15, -0.1) is 0 Å². The zero-order chi connectivity index (χ0) is 24.6. The summed E-state index contributed by atoms with van der Waals surface area (Å²) in [6, 6.07) is 6.72. The quantitative estimate of drug-likeness (QED) is 0.607. The molecule has 0 radical (unpaired) electrons. The Morgan fingerprint density at radius 1 is 1.15 bits per heavy atom. The van der Waals surface area contributed by atoms with E-state index in [2.05, 4.69) is 10.6 Å². The SMILES string of the molecule is COc1ccc([C@]2(C)NC(=O)N(CC(=O)Nc3c(Cl)cccc3C(F)(F)F)C2=O)cc1OC. The van der Waals surface area contributed by atoms with E-state index in [4.69, 9.17) is 21.1 Å². The molecule has 0 spiro atoms. The van der Waals surface area contributed by atoms with Crippen LogP contribution in [0.2, 0.25) is 5.02 Å². The second-order valence-electron chi connectivity index (χ2n) is 7.22. The molecule has 1 heterocycles. The maximum absolute atomic E-state index is 13.3. The van der Waals surface area contributed by atoms with E-state index in [9.17, 15) is 27.6 Å². The number of anilines is 1. The van der Waals surface area contributed by atoms with Gasteiger partial charge in [-0.25, -0.2) is 4.79 Å². The lowest BCUT2D eigenvalue weighted by atomic mass is 9.91. The van der Waals surface area contributed by atoms with E-state index < -0.39 is 47.4 Å². The largest absolute Gasteiger partial charge is 0.493 e. The van der Waals surface area contributed by atoms with Crippen LogP contribution in [0.5, 0.6) is 11.5 Å². The minimum atomic E-state index is -4.78. The third-order valence-electron chi connectivity index (χ3n) is 5.12. The molecule has 1 atom stereocenters. The average molecular weight is 486 g/mol. The van der Waals surface area contributed by atoms with Crippen molar-refractivity contribution >= 4 is 35.1 Å². The number of halogens is 4. The van der Waals surface area contributed by atoms with Gasteiger partial charge in [-0.3, -0.25) is 14.5 Å². The van der Waals surface area contributed by atoms with Crippen LogP contribution in [0.3, 0.4) is 0 Å². The number of methoxy groups -OCH3 is 2. The van der Waals surface area contributed by atoms with Gasteiger partial charge in [0.1, 0.15) is 12.1 Å². The number of ether oxygens (including phenoxy) is 2. The summed E-state index contributed by atoms with van der Waals surface area (Å²) in [7, 11) is 2.84. The topological polar surface area (TPSA) is 97.0 Å². The molecule has 1 aliphatic heterocycles. The van der Waals surface area contributed by atoms with Crippen LogP contribution < -0.4 is 20.1 Å². The first-order valence-electron chi connectivity index (χ1n) is 9.44. The van der Waals surface area contributed by atoms with Gasteiger partial charge in [-0.2, -0.15) is 13.2 Å². The fourth-order valence-electron chi connectivity index (χ4n) is 3.39. The van der Waals surface area contributed by atoms with Crippen molar-refractivity contribution < 1.29 is 37.0 Å². The molecule has 2 N–H and O–H groups in total. The van der Waals surface area contributed by atoms with Crippen LogP contribution in [0.4, 0.5) is 23.7 Å². The summed E-state index contributed by atoms with van der Waals surface area (Å²) in [4.78, 5) is 38.6. The van der Waals surface area contributed by atoms with E-state index in [1.165, 1.54) is 33.3 Å². The smallest absolute Gasteiger partial charge is 0.418 e. The van der Waals surface area contributed by atoms with Gasteiger partial charge in [-0.05, 0) is 36.8 Å². The maximum Gasteiger partial charge on any atom is 0.418 e. The number of nitrogens with zero attached hydrogens (tertiary/aromatic N) is 1. The van der Waals surface area contributed by atoms with Crippen molar-refractivity contribution in [2.45, 2.75) is 18.6 Å². The number of carbonyl (C=O) groups is 3. The second kappa shape index (κ2) is 8.81. The first-order valence-corrected chi connectivity index (χ1v) is 9.82. The molecule has 1 saturated heterocycles. The van der Waals surface area contributed by atoms with Gasteiger partial charge in [-0.1, -0.05) is 23.7 Å². The Labute approximate surface area is 191 Å². The Morgan fingerprint density at radius 2 is 1.82 bits per heavy atom. The number of alkyl halides is 3. The van der Waals surface area contributed by atoms with E-state index in [-0.39, 0.29) is 5.02 Å². The zero-order valence-electron chi connectivity index (χ0n) is 17.7.